The van der Waals surface area contributed by atoms with Crippen molar-refractivity contribution in [3.05, 3.63) is 29.3 Å². The maximum Gasteiger partial charge on any atom is 0.150 e. The van der Waals surface area contributed by atoms with Crippen LogP contribution in [0.3, 0.4) is 0 Å². The van der Waals surface area contributed by atoms with E-state index < -0.39 is 0 Å². The molecule has 0 aliphatic heterocycles. The molecule has 0 saturated heterocycles. The van der Waals surface area contributed by atoms with Crippen LogP contribution in [0.5, 0.6) is 0 Å². The summed E-state index contributed by atoms with van der Waals surface area (Å²) in [5, 5.41) is 0. The summed E-state index contributed by atoms with van der Waals surface area (Å²) in [7, 11) is 0. The van der Waals surface area contributed by atoms with Crippen LogP contribution in [-0.4, -0.2) is 6.29 Å². The Morgan fingerprint density at radius 1 is 1.27 bits per heavy atom. The minimum atomic E-state index is 0.742. The topological polar surface area (TPSA) is 43.1 Å². The van der Waals surface area contributed by atoms with E-state index in [0.717, 1.165) is 35.9 Å². The van der Waals surface area contributed by atoms with Crippen LogP contribution in [0.1, 0.15) is 48.5 Å². The first kappa shape index (κ1) is 11.8. The van der Waals surface area contributed by atoms with Crippen LogP contribution in [0.15, 0.2) is 18.2 Å². The molecule has 1 aromatic carbocycles. The molecule has 15 heavy (non-hydrogen) atoms. The predicted molar refractivity (Wildman–Crippen MR) is 64.1 cm³/mol. The first-order chi connectivity index (χ1) is 7.27. The summed E-state index contributed by atoms with van der Waals surface area (Å²) in [5.41, 5.74) is 8.30. The molecule has 0 unspecified atom stereocenters. The molecule has 1 rings (SSSR count). The van der Waals surface area contributed by atoms with Crippen LogP contribution in [-0.2, 0) is 6.42 Å². The highest BCUT2D eigenvalue weighted by Gasteiger charge is 2.01. The summed E-state index contributed by atoms with van der Waals surface area (Å²) >= 11 is 0. The van der Waals surface area contributed by atoms with Gasteiger partial charge in [0.15, 0.2) is 0 Å². The lowest BCUT2D eigenvalue weighted by Gasteiger charge is -2.05. The van der Waals surface area contributed by atoms with Crippen molar-refractivity contribution >= 4 is 12.0 Å². The van der Waals surface area contributed by atoms with Gasteiger partial charge in [-0.15, -0.1) is 0 Å². The van der Waals surface area contributed by atoms with Crippen molar-refractivity contribution < 1.29 is 4.79 Å². The van der Waals surface area contributed by atoms with Gasteiger partial charge in [0.05, 0.1) is 0 Å². The molecule has 0 saturated carbocycles. The van der Waals surface area contributed by atoms with Crippen LogP contribution < -0.4 is 5.73 Å². The van der Waals surface area contributed by atoms with Gasteiger partial charge in [-0.1, -0.05) is 26.2 Å². The number of hydrogen-bond donors (Lipinski definition) is 1. The normalized spacial score (nSPS) is 10.2. The zero-order valence-electron chi connectivity index (χ0n) is 9.33. The molecule has 0 aliphatic carbocycles. The minimum absolute atomic E-state index is 0.742. The number of rotatable bonds is 6. The molecule has 0 bridgehead atoms. The molecule has 2 nitrogen and oxygen atoms in total. The maximum absolute atomic E-state index is 10.8. The first-order valence-electron chi connectivity index (χ1n) is 5.61. The van der Waals surface area contributed by atoms with Gasteiger partial charge in [0.2, 0.25) is 0 Å². The summed E-state index contributed by atoms with van der Waals surface area (Å²) in [6.07, 6.45) is 6.73. The van der Waals surface area contributed by atoms with Crippen molar-refractivity contribution in [2.45, 2.75) is 39.0 Å². The molecule has 2 N–H and O–H groups in total. The van der Waals surface area contributed by atoms with Gasteiger partial charge in [0.25, 0.3) is 0 Å². The molecular formula is C13H19NO. The average molecular weight is 205 g/mol. The van der Waals surface area contributed by atoms with Crippen molar-refractivity contribution in [1.29, 1.82) is 0 Å². The number of nitrogen functional groups attached to an aromatic ring is 1. The van der Waals surface area contributed by atoms with E-state index in [4.69, 9.17) is 5.73 Å². The average Bonchev–Trinajstić information content (AvgIpc) is 2.25. The Morgan fingerprint density at radius 2 is 2.07 bits per heavy atom. The van der Waals surface area contributed by atoms with E-state index >= 15 is 0 Å². The van der Waals surface area contributed by atoms with Gasteiger partial charge >= 0.3 is 0 Å². The quantitative estimate of drug-likeness (QED) is 0.440. The molecule has 82 valence electrons. The van der Waals surface area contributed by atoms with E-state index in [1.165, 1.54) is 19.3 Å². The van der Waals surface area contributed by atoms with Crippen LogP contribution in [0.4, 0.5) is 5.69 Å². The van der Waals surface area contributed by atoms with E-state index in [1.54, 1.807) is 12.1 Å². The van der Waals surface area contributed by atoms with E-state index in [9.17, 15) is 4.79 Å². The summed E-state index contributed by atoms with van der Waals surface area (Å²) in [6, 6.07) is 5.49. The van der Waals surface area contributed by atoms with Gasteiger partial charge in [0.1, 0.15) is 6.29 Å². The fourth-order valence-corrected chi connectivity index (χ4v) is 1.70. The van der Waals surface area contributed by atoms with Crippen LogP contribution in [0.25, 0.3) is 0 Å². The first-order valence-corrected chi connectivity index (χ1v) is 5.61. The Kier molecular flexibility index (Phi) is 4.88. The molecular weight excluding hydrogens is 186 g/mol. The Labute approximate surface area is 91.5 Å². The number of aryl methyl sites for hydroxylation is 1. The predicted octanol–water partition coefficient (Wildman–Crippen LogP) is 3.20. The minimum Gasteiger partial charge on any atom is -0.399 e. The zero-order valence-corrected chi connectivity index (χ0v) is 9.33. The zero-order chi connectivity index (χ0) is 11.1. The number of carbonyl (C=O) groups excluding carboxylic acids is 1. The fraction of sp³-hybridized carbons (Fsp3) is 0.462. The molecule has 0 spiro atoms. The summed E-state index contributed by atoms with van der Waals surface area (Å²) in [4.78, 5) is 10.8. The van der Waals surface area contributed by atoms with E-state index in [0.29, 0.717) is 0 Å². The van der Waals surface area contributed by atoms with Crippen LogP contribution in [0, 0.1) is 0 Å². The number of nitrogens with two attached hydrogens (primary N) is 1. The Morgan fingerprint density at radius 3 is 2.73 bits per heavy atom. The second kappa shape index (κ2) is 6.23. The second-order valence-corrected chi connectivity index (χ2v) is 3.89. The lowest BCUT2D eigenvalue weighted by atomic mass is 10.0. The Hall–Kier alpha value is -1.31. The molecule has 0 amide bonds. The van der Waals surface area contributed by atoms with Crippen molar-refractivity contribution in [3.8, 4) is 0 Å². The number of anilines is 1. The maximum atomic E-state index is 10.8. The van der Waals surface area contributed by atoms with Crippen LogP contribution in [0.2, 0.25) is 0 Å². The third-order valence-corrected chi connectivity index (χ3v) is 2.59. The lowest BCUT2D eigenvalue weighted by molar-refractivity contribution is 0.112. The number of hydrogen-bond acceptors (Lipinski definition) is 2. The van der Waals surface area contributed by atoms with Crippen molar-refractivity contribution in [2.75, 3.05) is 5.73 Å². The molecule has 0 aromatic heterocycles. The highest BCUT2D eigenvalue weighted by molar-refractivity contribution is 5.78. The highest BCUT2D eigenvalue weighted by Crippen LogP contribution is 2.15. The Balaban J connectivity index is 2.58. The van der Waals surface area contributed by atoms with Gasteiger partial charge in [-0.25, -0.2) is 0 Å². The molecule has 0 aliphatic rings. The second-order valence-electron chi connectivity index (χ2n) is 3.89. The molecule has 2 heteroatoms. The molecule has 1 aromatic rings. The monoisotopic (exact) mass is 205 g/mol. The van der Waals surface area contributed by atoms with Crippen molar-refractivity contribution in [2.24, 2.45) is 0 Å². The largest absolute Gasteiger partial charge is 0.399 e. The van der Waals surface area contributed by atoms with Gasteiger partial charge in [-0.3, -0.25) is 4.79 Å². The standard InChI is InChI=1S/C13H19NO/c1-2-3-4-5-6-11-9-13(14)8-7-12(11)10-15/h7-10H,2-6,14H2,1H3. The Bertz CT molecular complexity index is 320. The van der Waals surface area contributed by atoms with Crippen LogP contribution >= 0.6 is 0 Å². The number of benzene rings is 1. The van der Waals surface area contributed by atoms with Gasteiger partial charge in [-0.2, -0.15) is 0 Å². The number of carbonyl (C=O) groups is 1. The molecule has 0 atom stereocenters. The summed E-state index contributed by atoms with van der Waals surface area (Å²) in [6.45, 7) is 2.19. The lowest BCUT2D eigenvalue weighted by Crippen LogP contribution is -1.96. The van der Waals surface area contributed by atoms with E-state index in [2.05, 4.69) is 6.92 Å². The van der Waals surface area contributed by atoms with Gasteiger partial charge < -0.3 is 5.73 Å². The molecule has 0 heterocycles. The fourth-order valence-electron chi connectivity index (χ4n) is 1.70. The summed E-state index contributed by atoms with van der Waals surface area (Å²) < 4.78 is 0. The van der Waals surface area contributed by atoms with E-state index in [1.807, 2.05) is 6.07 Å². The molecule has 0 fully saturated rings. The van der Waals surface area contributed by atoms with Crippen molar-refractivity contribution in [3.63, 3.8) is 0 Å². The van der Waals surface area contributed by atoms with Gasteiger partial charge in [0, 0.05) is 11.3 Å². The third kappa shape index (κ3) is 3.74. The highest BCUT2D eigenvalue weighted by atomic mass is 16.1. The number of aldehydes is 1. The smallest absolute Gasteiger partial charge is 0.150 e. The van der Waals surface area contributed by atoms with Crippen molar-refractivity contribution in [1.82, 2.24) is 0 Å². The summed E-state index contributed by atoms with van der Waals surface area (Å²) in [5.74, 6) is 0. The SMILES string of the molecule is CCCCCCc1cc(N)ccc1C=O. The molecule has 0 radical (unpaired) electrons. The third-order valence-electron chi connectivity index (χ3n) is 2.59. The number of unbranched alkanes of at least 4 members (excludes halogenated alkanes) is 3. The van der Waals surface area contributed by atoms with E-state index in [-0.39, 0.29) is 0 Å². The van der Waals surface area contributed by atoms with Gasteiger partial charge in [-0.05, 0) is 36.6 Å².